The van der Waals surface area contributed by atoms with Crippen molar-refractivity contribution in [3.63, 3.8) is 0 Å². The maximum absolute atomic E-state index is 12.7. The van der Waals surface area contributed by atoms with Gasteiger partial charge in [-0.2, -0.15) is 13.2 Å². The lowest BCUT2D eigenvalue weighted by molar-refractivity contribution is -0.138. The van der Waals surface area contributed by atoms with E-state index < -0.39 is 11.7 Å². The Labute approximate surface area is 112 Å². The number of ether oxygens (including phenoxy) is 1. The second kappa shape index (κ2) is 4.92. The highest BCUT2D eigenvalue weighted by molar-refractivity contribution is 6.24. The molecule has 0 saturated carbocycles. The summed E-state index contributed by atoms with van der Waals surface area (Å²) in [4.78, 5) is 13.0. The largest absolute Gasteiger partial charge is 0.496 e. The molecule has 7 heteroatoms. The third-order valence-corrected chi connectivity index (χ3v) is 3.17. The Bertz CT molecular complexity index is 504. The number of carbonyl (C=O) groups excluding carboxylic acids is 1. The molecule has 1 unspecified atom stereocenters. The average molecular weight is 294 g/mol. The molecule has 1 amide bonds. The zero-order valence-corrected chi connectivity index (χ0v) is 10.8. The van der Waals surface area contributed by atoms with Crippen LogP contribution in [0, 0.1) is 0 Å². The van der Waals surface area contributed by atoms with Gasteiger partial charge in [0.05, 0.1) is 18.1 Å². The lowest BCUT2D eigenvalue weighted by Gasteiger charge is -2.19. The van der Waals surface area contributed by atoms with Gasteiger partial charge in [-0.1, -0.05) is 0 Å². The van der Waals surface area contributed by atoms with Gasteiger partial charge in [0.25, 0.3) is 0 Å². The SMILES string of the molecule is COc1cc(N2CC(Cl)CC2=O)ccc1C(F)(F)F. The molecule has 0 aliphatic carbocycles. The molecule has 1 atom stereocenters. The van der Waals surface area contributed by atoms with Crippen LogP contribution in [-0.4, -0.2) is 24.9 Å². The van der Waals surface area contributed by atoms with Gasteiger partial charge in [-0.3, -0.25) is 4.79 Å². The molecule has 1 fully saturated rings. The Morgan fingerprint density at radius 3 is 2.58 bits per heavy atom. The van der Waals surface area contributed by atoms with Crippen molar-refractivity contribution < 1.29 is 22.7 Å². The van der Waals surface area contributed by atoms with Crippen molar-refractivity contribution in [2.75, 3.05) is 18.6 Å². The first-order chi connectivity index (χ1) is 8.82. The van der Waals surface area contributed by atoms with E-state index in [4.69, 9.17) is 16.3 Å². The van der Waals surface area contributed by atoms with E-state index in [1.54, 1.807) is 0 Å². The van der Waals surface area contributed by atoms with Crippen LogP contribution in [-0.2, 0) is 11.0 Å². The van der Waals surface area contributed by atoms with Crippen LogP contribution in [0.1, 0.15) is 12.0 Å². The van der Waals surface area contributed by atoms with Crippen molar-refractivity contribution in [2.45, 2.75) is 18.0 Å². The third-order valence-electron chi connectivity index (χ3n) is 2.88. The summed E-state index contributed by atoms with van der Waals surface area (Å²) in [6.45, 7) is 0.287. The van der Waals surface area contributed by atoms with Crippen LogP contribution >= 0.6 is 11.6 Å². The van der Waals surface area contributed by atoms with Crippen molar-refractivity contribution in [1.29, 1.82) is 0 Å². The topological polar surface area (TPSA) is 29.5 Å². The van der Waals surface area contributed by atoms with E-state index in [1.807, 2.05) is 0 Å². The van der Waals surface area contributed by atoms with E-state index in [-0.39, 0.29) is 30.0 Å². The molecule has 1 aromatic rings. The van der Waals surface area contributed by atoms with Gasteiger partial charge in [-0.25, -0.2) is 0 Å². The number of hydrogen-bond donors (Lipinski definition) is 0. The summed E-state index contributed by atoms with van der Waals surface area (Å²) < 4.78 is 42.8. The predicted molar refractivity (Wildman–Crippen MR) is 64.6 cm³/mol. The van der Waals surface area contributed by atoms with Crippen LogP contribution in [0.15, 0.2) is 18.2 Å². The maximum Gasteiger partial charge on any atom is 0.419 e. The number of halogens is 4. The van der Waals surface area contributed by atoms with Gasteiger partial charge in [-0.15, -0.1) is 11.6 Å². The standard InChI is InChI=1S/C12H11ClF3NO2/c1-19-10-5-8(2-3-9(10)12(14,15)16)17-6-7(13)4-11(17)18/h2-3,5,7H,4,6H2,1H3. The summed E-state index contributed by atoms with van der Waals surface area (Å²) in [6.07, 6.45) is -4.31. The summed E-state index contributed by atoms with van der Waals surface area (Å²) in [5.74, 6) is -0.516. The zero-order valence-electron chi connectivity index (χ0n) is 10.00. The number of nitrogens with zero attached hydrogens (tertiary/aromatic N) is 1. The Balaban J connectivity index is 2.37. The van der Waals surface area contributed by atoms with Crippen molar-refractivity contribution in [2.24, 2.45) is 0 Å². The second-order valence-corrected chi connectivity index (χ2v) is 4.81. The molecular formula is C12H11ClF3NO2. The normalized spacial score (nSPS) is 19.9. The van der Waals surface area contributed by atoms with Crippen LogP contribution in [0.5, 0.6) is 5.75 Å². The lowest BCUT2D eigenvalue weighted by atomic mass is 10.1. The van der Waals surface area contributed by atoms with Crippen LogP contribution in [0.3, 0.4) is 0 Å². The number of methoxy groups -OCH3 is 1. The minimum Gasteiger partial charge on any atom is -0.496 e. The molecule has 1 heterocycles. The van der Waals surface area contributed by atoms with Crippen LogP contribution in [0.2, 0.25) is 0 Å². The van der Waals surface area contributed by atoms with Crippen LogP contribution < -0.4 is 9.64 Å². The number of anilines is 1. The first-order valence-electron chi connectivity index (χ1n) is 5.52. The minimum atomic E-state index is -4.49. The number of carbonyl (C=O) groups is 1. The van der Waals surface area contributed by atoms with Crippen molar-refractivity contribution >= 4 is 23.2 Å². The van der Waals surface area contributed by atoms with Gasteiger partial charge < -0.3 is 9.64 Å². The maximum atomic E-state index is 12.7. The first kappa shape index (κ1) is 14.0. The highest BCUT2D eigenvalue weighted by Gasteiger charge is 2.35. The highest BCUT2D eigenvalue weighted by Crippen LogP contribution is 2.38. The molecule has 0 radical (unpaired) electrons. The van der Waals surface area contributed by atoms with E-state index in [0.29, 0.717) is 5.69 Å². The van der Waals surface area contributed by atoms with E-state index in [2.05, 4.69) is 0 Å². The molecule has 0 aromatic heterocycles. The fraction of sp³-hybridized carbons (Fsp3) is 0.417. The molecule has 1 aromatic carbocycles. The third kappa shape index (κ3) is 2.78. The summed E-state index contributed by atoms with van der Waals surface area (Å²) in [5, 5.41) is -0.319. The minimum absolute atomic E-state index is 0.185. The highest BCUT2D eigenvalue weighted by atomic mass is 35.5. The quantitative estimate of drug-likeness (QED) is 0.784. The molecule has 0 N–H and O–H groups in total. The Hall–Kier alpha value is -1.43. The fourth-order valence-corrected chi connectivity index (χ4v) is 2.27. The first-order valence-corrected chi connectivity index (χ1v) is 5.96. The molecule has 1 aliphatic heterocycles. The van der Waals surface area contributed by atoms with Gasteiger partial charge in [0, 0.05) is 24.7 Å². The van der Waals surface area contributed by atoms with E-state index in [1.165, 1.54) is 17.0 Å². The summed E-state index contributed by atoms with van der Waals surface area (Å²) in [6, 6.07) is 3.36. The average Bonchev–Trinajstić information content (AvgIpc) is 2.66. The van der Waals surface area contributed by atoms with Crippen molar-refractivity contribution in [3.05, 3.63) is 23.8 Å². The molecule has 19 heavy (non-hydrogen) atoms. The molecule has 2 rings (SSSR count). The molecule has 104 valence electrons. The predicted octanol–water partition coefficient (Wildman–Crippen LogP) is 3.06. The second-order valence-electron chi connectivity index (χ2n) is 4.19. The Morgan fingerprint density at radius 2 is 2.11 bits per heavy atom. The monoisotopic (exact) mass is 293 g/mol. The molecule has 3 nitrogen and oxygen atoms in total. The van der Waals surface area contributed by atoms with E-state index >= 15 is 0 Å². The van der Waals surface area contributed by atoms with Crippen molar-refractivity contribution in [1.82, 2.24) is 0 Å². The van der Waals surface area contributed by atoms with E-state index in [0.717, 1.165) is 13.2 Å². The van der Waals surface area contributed by atoms with E-state index in [9.17, 15) is 18.0 Å². The lowest BCUT2D eigenvalue weighted by Crippen LogP contribution is -2.24. The Morgan fingerprint density at radius 1 is 1.42 bits per heavy atom. The molecule has 1 saturated heterocycles. The van der Waals surface area contributed by atoms with Crippen LogP contribution in [0.4, 0.5) is 18.9 Å². The number of alkyl halides is 4. The van der Waals surface area contributed by atoms with Gasteiger partial charge in [0.2, 0.25) is 5.91 Å². The van der Waals surface area contributed by atoms with Crippen molar-refractivity contribution in [3.8, 4) is 5.75 Å². The zero-order chi connectivity index (χ0) is 14.2. The fourth-order valence-electron chi connectivity index (χ4n) is 2.00. The Kier molecular flexibility index (Phi) is 3.62. The van der Waals surface area contributed by atoms with Gasteiger partial charge in [-0.05, 0) is 12.1 Å². The number of amides is 1. The molecular weight excluding hydrogens is 283 g/mol. The number of rotatable bonds is 2. The summed E-state index contributed by atoms with van der Waals surface area (Å²) in [7, 11) is 1.16. The number of hydrogen-bond acceptors (Lipinski definition) is 2. The smallest absolute Gasteiger partial charge is 0.419 e. The van der Waals surface area contributed by atoms with Gasteiger partial charge in [0.15, 0.2) is 0 Å². The summed E-state index contributed by atoms with van der Waals surface area (Å²) in [5.41, 5.74) is -0.509. The van der Waals surface area contributed by atoms with Crippen LogP contribution in [0.25, 0.3) is 0 Å². The molecule has 1 aliphatic rings. The molecule has 0 spiro atoms. The van der Waals surface area contributed by atoms with Gasteiger partial charge in [0.1, 0.15) is 5.75 Å². The number of benzene rings is 1. The molecule has 0 bridgehead atoms. The summed E-state index contributed by atoms with van der Waals surface area (Å²) >= 11 is 5.86. The van der Waals surface area contributed by atoms with Gasteiger partial charge >= 0.3 is 6.18 Å².